The molecule has 1 aromatic heterocycles. The van der Waals surface area contributed by atoms with Gasteiger partial charge in [0, 0.05) is 36.2 Å². The van der Waals surface area contributed by atoms with Crippen molar-refractivity contribution in [2.75, 3.05) is 13.7 Å². The lowest BCUT2D eigenvalue weighted by molar-refractivity contribution is -0.140. The molecule has 10 heteroatoms. The van der Waals surface area contributed by atoms with E-state index in [1.54, 1.807) is 42.5 Å². The summed E-state index contributed by atoms with van der Waals surface area (Å²) in [6, 6.07) is 12.1. The highest BCUT2D eigenvalue weighted by molar-refractivity contribution is 5.98. The van der Waals surface area contributed by atoms with Crippen LogP contribution in [0.5, 0.6) is 0 Å². The smallest absolute Gasteiger partial charge is 0.307 e. The van der Waals surface area contributed by atoms with E-state index in [4.69, 9.17) is 21.2 Å². The summed E-state index contributed by atoms with van der Waals surface area (Å²) in [5, 5.41) is 19.2. The van der Waals surface area contributed by atoms with Crippen LogP contribution in [0.2, 0.25) is 0 Å². The number of nitrogens with zero attached hydrogens (tertiary/aromatic N) is 2. The van der Waals surface area contributed by atoms with Gasteiger partial charge in [-0.05, 0) is 24.6 Å². The first-order chi connectivity index (χ1) is 15.8. The fourth-order valence-electron chi connectivity index (χ4n) is 3.39. The van der Waals surface area contributed by atoms with Crippen molar-refractivity contribution < 1.29 is 24.2 Å². The third-order valence-electron chi connectivity index (χ3n) is 5.08. The van der Waals surface area contributed by atoms with Crippen LogP contribution in [0, 0.1) is 5.41 Å². The topological polar surface area (TPSA) is 160 Å². The largest absolute Gasteiger partial charge is 0.481 e. The van der Waals surface area contributed by atoms with Gasteiger partial charge in [-0.1, -0.05) is 24.3 Å². The van der Waals surface area contributed by atoms with Crippen LogP contribution in [0.25, 0.3) is 22.4 Å². The van der Waals surface area contributed by atoms with Crippen LogP contribution in [0.15, 0.2) is 42.5 Å². The molecule has 2 aromatic carbocycles. The molecule has 33 heavy (non-hydrogen) atoms. The molecule has 0 bridgehead atoms. The van der Waals surface area contributed by atoms with Crippen molar-refractivity contribution in [1.82, 2.24) is 14.9 Å². The van der Waals surface area contributed by atoms with Crippen molar-refractivity contribution in [1.29, 1.82) is 5.41 Å². The van der Waals surface area contributed by atoms with Crippen molar-refractivity contribution in [3.8, 4) is 11.4 Å². The minimum Gasteiger partial charge on any atom is -0.481 e. The number of rotatable bonds is 10. The number of carbonyl (C=O) groups is 3. The molecule has 3 rings (SSSR count). The molecule has 172 valence electrons. The van der Waals surface area contributed by atoms with Gasteiger partial charge in [-0.3, -0.25) is 19.8 Å². The first-order valence-electron chi connectivity index (χ1n) is 10.3. The fourth-order valence-corrected chi connectivity index (χ4v) is 3.39. The Balaban J connectivity index is 1.93. The van der Waals surface area contributed by atoms with Gasteiger partial charge in [-0.2, -0.15) is 0 Å². The lowest BCUT2D eigenvalue weighted by atomic mass is 10.1. The van der Waals surface area contributed by atoms with Crippen LogP contribution < -0.4 is 11.1 Å². The summed E-state index contributed by atoms with van der Waals surface area (Å²) < 4.78 is 6.48. The molecule has 1 amide bonds. The summed E-state index contributed by atoms with van der Waals surface area (Å²) in [6.45, 7) is 0.582. The zero-order valence-corrected chi connectivity index (χ0v) is 18.1. The number of methoxy groups -OCH3 is 1. The molecule has 0 unspecified atom stereocenters. The summed E-state index contributed by atoms with van der Waals surface area (Å²) >= 11 is 0. The second-order valence-corrected chi connectivity index (χ2v) is 7.36. The standard InChI is InChI=1S/C23H25N5O5/c1-33-20(31)10-11-26-23(32)16-8-9-18-17(13-16)27-22(28(18)12-2-3-19(29)30)15-6-4-14(5-7-15)21(24)25/h4-9,13H,2-3,10-12H2,1H3,(H3,24,25)(H,26,32)(H,29,30). The van der Waals surface area contributed by atoms with Crippen LogP contribution >= 0.6 is 0 Å². The minimum atomic E-state index is -0.877. The Hall–Kier alpha value is -4.21. The van der Waals surface area contributed by atoms with Gasteiger partial charge in [0.1, 0.15) is 11.7 Å². The fraction of sp³-hybridized carbons (Fsp3) is 0.261. The van der Waals surface area contributed by atoms with Gasteiger partial charge in [0.15, 0.2) is 0 Å². The number of hydrogen-bond donors (Lipinski definition) is 4. The number of carbonyl (C=O) groups excluding carboxylic acids is 2. The molecule has 0 spiro atoms. The number of amides is 1. The predicted molar refractivity (Wildman–Crippen MR) is 122 cm³/mol. The monoisotopic (exact) mass is 451 g/mol. The van der Waals surface area contributed by atoms with Gasteiger partial charge >= 0.3 is 11.9 Å². The summed E-state index contributed by atoms with van der Waals surface area (Å²) in [7, 11) is 1.29. The Morgan fingerprint density at radius 2 is 1.82 bits per heavy atom. The van der Waals surface area contributed by atoms with E-state index in [1.807, 2.05) is 4.57 Å². The van der Waals surface area contributed by atoms with Gasteiger partial charge in [-0.25, -0.2) is 4.98 Å². The first-order valence-corrected chi connectivity index (χ1v) is 10.3. The van der Waals surface area contributed by atoms with Gasteiger partial charge in [0.2, 0.25) is 0 Å². The average molecular weight is 451 g/mol. The lowest BCUT2D eigenvalue weighted by Gasteiger charge is -2.09. The van der Waals surface area contributed by atoms with Gasteiger partial charge in [0.05, 0.1) is 24.6 Å². The van der Waals surface area contributed by atoms with E-state index in [1.165, 1.54) is 7.11 Å². The molecule has 0 atom stereocenters. The number of aryl methyl sites for hydroxylation is 1. The highest BCUT2D eigenvalue weighted by atomic mass is 16.5. The number of aliphatic carboxylic acids is 1. The Kier molecular flexibility index (Phi) is 7.39. The molecular formula is C23H25N5O5. The SMILES string of the molecule is COC(=O)CCNC(=O)c1ccc2c(c1)nc(-c1ccc(C(=N)N)cc1)n2CCCC(=O)O. The number of amidine groups is 1. The van der Waals surface area contributed by atoms with Crippen molar-refractivity contribution in [3.05, 3.63) is 53.6 Å². The molecule has 0 aliphatic rings. The van der Waals surface area contributed by atoms with Crippen molar-refractivity contribution in [2.24, 2.45) is 5.73 Å². The van der Waals surface area contributed by atoms with E-state index >= 15 is 0 Å². The van der Waals surface area contributed by atoms with E-state index < -0.39 is 11.9 Å². The van der Waals surface area contributed by atoms with Gasteiger partial charge < -0.3 is 25.5 Å². The number of ether oxygens (including phenoxy) is 1. The number of carboxylic acids is 1. The van der Waals surface area contributed by atoms with Gasteiger partial charge in [-0.15, -0.1) is 0 Å². The Morgan fingerprint density at radius 3 is 2.45 bits per heavy atom. The second-order valence-electron chi connectivity index (χ2n) is 7.36. The summed E-state index contributed by atoms with van der Waals surface area (Å²) in [5.74, 6) is -1.05. The summed E-state index contributed by atoms with van der Waals surface area (Å²) in [6.07, 6.45) is 0.501. The number of nitrogens with one attached hydrogen (secondary N) is 2. The number of aromatic nitrogens is 2. The molecule has 0 saturated heterocycles. The predicted octanol–water partition coefficient (Wildman–Crippen LogP) is 2.15. The van der Waals surface area contributed by atoms with E-state index in [0.29, 0.717) is 35.4 Å². The van der Waals surface area contributed by atoms with E-state index in [9.17, 15) is 14.4 Å². The molecular weight excluding hydrogens is 426 g/mol. The molecule has 1 heterocycles. The third kappa shape index (κ3) is 5.73. The Morgan fingerprint density at radius 1 is 1.12 bits per heavy atom. The van der Waals surface area contributed by atoms with Crippen LogP contribution in [-0.2, 0) is 20.9 Å². The number of nitrogen functional groups attached to an aromatic ring is 1. The minimum absolute atomic E-state index is 0.0169. The number of esters is 1. The van der Waals surface area contributed by atoms with Crippen molar-refractivity contribution in [3.63, 3.8) is 0 Å². The molecule has 0 saturated carbocycles. The quantitative estimate of drug-likeness (QED) is 0.209. The molecule has 0 aliphatic carbocycles. The zero-order chi connectivity index (χ0) is 24.0. The van der Waals surface area contributed by atoms with Crippen LogP contribution in [0.1, 0.15) is 35.2 Å². The number of benzene rings is 2. The van der Waals surface area contributed by atoms with E-state index in [2.05, 4.69) is 10.1 Å². The molecule has 0 aliphatic heterocycles. The van der Waals surface area contributed by atoms with Gasteiger partial charge in [0.25, 0.3) is 5.91 Å². The molecule has 0 fully saturated rings. The van der Waals surface area contributed by atoms with Crippen LogP contribution in [-0.4, -0.2) is 52.0 Å². The maximum atomic E-state index is 12.5. The highest BCUT2D eigenvalue weighted by Crippen LogP contribution is 2.26. The number of nitrogens with two attached hydrogens (primary N) is 1. The molecule has 10 nitrogen and oxygen atoms in total. The number of carboxylic acid groups (broad SMARTS) is 1. The van der Waals surface area contributed by atoms with Crippen molar-refractivity contribution >= 4 is 34.7 Å². The van der Waals surface area contributed by atoms with E-state index in [0.717, 1.165) is 11.1 Å². The average Bonchev–Trinajstić information content (AvgIpc) is 3.16. The second kappa shape index (κ2) is 10.4. The Bertz CT molecular complexity index is 1200. The number of fused-ring (bicyclic) bond motifs is 1. The highest BCUT2D eigenvalue weighted by Gasteiger charge is 2.16. The van der Waals surface area contributed by atoms with Crippen molar-refractivity contribution in [2.45, 2.75) is 25.8 Å². The third-order valence-corrected chi connectivity index (χ3v) is 5.08. The number of hydrogen-bond acceptors (Lipinski definition) is 6. The summed E-state index contributed by atoms with van der Waals surface area (Å²) in [4.78, 5) is 39.4. The molecule has 0 radical (unpaired) electrons. The molecule has 3 aromatic rings. The maximum Gasteiger partial charge on any atom is 0.307 e. The van der Waals surface area contributed by atoms with E-state index in [-0.39, 0.29) is 31.1 Å². The zero-order valence-electron chi connectivity index (χ0n) is 18.1. The van der Waals surface area contributed by atoms with Crippen LogP contribution in [0.4, 0.5) is 0 Å². The normalized spacial score (nSPS) is 10.7. The first kappa shape index (κ1) is 23.5. The lowest BCUT2D eigenvalue weighted by Crippen LogP contribution is -2.26. The van der Waals surface area contributed by atoms with Crippen LogP contribution in [0.3, 0.4) is 0 Å². The maximum absolute atomic E-state index is 12.5. The summed E-state index contributed by atoms with van der Waals surface area (Å²) in [5.41, 5.74) is 8.62. The molecule has 5 N–H and O–H groups in total. The Labute approximate surface area is 189 Å². The number of imidazole rings is 1.